The Bertz CT molecular complexity index is 304. The maximum absolute atomic E-state index is 12.1. The number of carbonyl (C=O) groups excluding carboxylic acids is 2. The largest absolute Gasteiger partial charge is 0.391 e. The molecule has 2 saturated heterocycles. The monoisotopic (exact) mass is 244 g/mol. The molecule has 2 atom stereocenters. The van der Waals surface area contributed by atoms with E-state index in [1.165, 1.54) is 11.8 Å². The summed E-state index contributed by atoms with van der Waals surface area (Å²) >= 11 is 1.72. The lowest BCUT2D eigenvalue weighted by molar-refractivity contribution is -0.141. The second kappa shape index (κ2) is 4.63. The quantitative estimate of drug-likeness (QED) is 0.675. The predicted molar refractivity (Wildman–Crippen MR) is 60.8 cm³/mol. The molecule has 0 saturated carbocycles. The minimum atomic E-state index is -0.562. The van der Waals surface area contributed by atoms with Crippen LogP contribution in [0.25, 0.3) is 0 Å². The Kier molecular flexibility index (Phi) is 3.39. The van der Waals surface area contributed by atoms with Crippen LogP contribution >= 0.6 is 11.8 Å². The Hall–Kier alpha value is -0.750. The van der Waals surface area contributed by atoms with Crippen LogP contribution in [-0.4, -0.2) is 63.6 Å². The Labute approximate surface area is 98.8 Å². The first-order valence-electron chi connectivity index (χ1n) is 5.41. The molecule has 2 fully saturated rings. The van der Waals surface area contributed by atoms with Crippen molar-refractivity contribution in [3.8, 4) is 0 Å². The standard InChI is InChI=1S/C10H16N2O3S/c1-7(13)12-5-8(14)4-9(12)10(15)11-2-3-16-6-11/h8-9,14H,2-6H2,1H3/t8-,9+/m1/s1. The van der Waals surface area contributed by atoms with Crippen LogP contribution in [0.4, 0.5) is 0 Å². The molecule has 0 spiro atoms. The van der Waals surface area contributed by atoms with E-state index in [2.05, 4.69) is 0 Å². The number of hydrogen-bond acceptors (Lipinski definition) is 4. The number of β-amino-alcohol motifs (C(OH)–C–C–N with tert-alkyl or cyclic N) is 1. The fourth-order valence-electron chi connectivity index (χ4n) is 2.19. The van der Waals surface area contributed by atoms with Gasteiger partial charge in [0.1, 0.15) is 6.04 Å². The molecule has 0 aromatic heterocycles. The molecular formula is C10H16N2O3S. The highest BCUT2D eigenvalue weighted by Gasteiger charge is 2.39. The van der Waals surface area contributed by atoms with Crippen molar-refractivity contribution in [3.05, 3.63) is 0 Å². The summed E-state index contributed by atoms with van der Waals surface area (Å²) in [6.07, 6.45) is -0.187. The number of aliphatic hydroxyl groups is 1. The van der Waals surface area contributed by atoms with E-state index in [9.17, 15) is 14.7 Å². The van der Waals surface area contributed by atoms with Crippen LogP contribution < -0.4 is 0 Å². The van der Waals surface area contributed by atoms with Crippen molar-refractivity contribution in [2.24, 2.45) is 0 Å². The van der Waals surface area contributed by atoms with E-state index >= 15 is 0 Å². The third-order valence-electron chi connectivity index (χ3n) is 3.03. The smallest absolute Gasteiger partial charge is 0.246 e. The summed E-state index contributed by atoms with van der Waals surface area (Å²) < 4.78 is 0. The molecule has 16 heavy (non-hydrogen) atoms. The van der Waals surface area contributed by atoms with Gasteiger partial charge in [-0.15, -0.1) is 11.8 Å². The third-order valence-corrected chi connectivity index (χ3v) is 4.00. The van der Waals surface area contributed by atoms with Gasteiger partial charge in [0.2, 0.25) is 11.8 Å². The highest BCUT2D eigenvalue weighted by Crippen LogP contribution is 2.23. The molecule has 6 heteroatoms. The van der Waals surface area contributed by atoms with E-state index in [0.29, 0.717) is 12.3 Å². The van der Waals surface area contributed by atoms with Crippen molar-refractivity contribution in [2.75, 3.05) is 24.7 Å². The fourth-order valence-corrected chi connectivity index (χ4v) is 3.15. The normalized spacial score (nSPS) is 29.9. The molecule has 2 rings (SSSR count). The van der Waals surface area contributed by atoms with Gasteiger partial charge in [0, 0.05) is 32.2 Å². The van der Waals surface area contributed by atoms with E-state index < -0.39 is 12.1 Å². The van der Waals surface area contributed by atoms with Crippen LogP contribution in [0.2, 0.25) is 0 Å². The highest BCUT2D eigenvalue weighted by atomic mass is 32.2. The zero-order valence-corrected chi connectivity index (χ0v) is 10.1. The molecule has 2 aliphatic rings. The Morgan fingerprint density at radius 1 is 1.44 bits per heavy atom. The van der Waals surface area contributed by atoms with Gasteiger partial charge in [0.15, 0.2) is 0 Å². The van der Waals surface area contributed by atoms with Crippen molar-refractivity contribution < 1.29 is 14.7 Å². The van der Waals surface area contributed by atoms with Crippen LogP contribution in [-0.2, 0) is 9.59 Å². The Morgan fingerprint density at radius 3 is 2.75 bits per heavy atom. The molecule has 2 heterocycles. The minimum absolute atomic E-state index is 0.0169. The van der Waals surface area contributed by atoms with Gasteiger partial charge in [-0.1, -0.05) is 0 Å². The van der Waals surface area contributed by atoms with Crippen LogP contribution in [0, 0.1) is 0 Å². The average molecular weight is 244 g/mol. The molecule has 2 aliphatic heterocycles. The van der Waals surface area contributed by atoms with Crippen molar-refractivity contribution in [1.82, 2.24) is 9.80 Å². The molecule has 0 bridgehead atoms. The molecule has 0 radical (unpaired) electrons. The zero-order valence-electron chi connectivity index (χ0n) is 9.26. The van der Waals surface area contributed by atoms with Crippen LogP contribution in [0.15, 0.2) is 0 Å². The summed E-state index contributed by atoms with van der Waals surface area (Å²) in [5, 5.41) is 9.54. The summed E-state index contributed by atoms with van der Waals surface area (Å²) in [4.78, 5) is 26.7. The predicted octanol–water partition coefficient (Wildman–Crippen LogP) is -0.499. The second-order valence-electron chi connectivity index (χ2n) is 4.22. The Balaban J connectivity index is 2.06. The summed E-state index contributed by atoms with van der Waals surface area (Å²) in [6, 6.07) is -0.453. The average Bonchev–Trinajstić information content (AvgIpc) is 2.84. The number of rotatable bonds is 1. The highest BCUT2D eigenvalue weighted by molar-refractivity contribution is 7.99. The van der Waals surface area contributed by atoms with Gasteiger partial charge >= 0.3 is 0 Å². The van der Waals surface area contributed by atoms with Crippen LogP contribution in [0.1, 0.15) is 13.3 Å². The summed E-state index contributed by atoms with van der Waals surface area (Å²) in [5.41, 5.74) is 0. The lowest BCUT2D eigenvalue weighted by Gasteiger charge is -2.26. The maximum atomic E-state index is 12.1. The molecule has 0 unspecified atom stereocenters. The lowest BCUT2D eigenvalue weighted by Crippen LogP contribution is -2.46. The van der Waals surface area contributed by atoms with Crippen LogP contribution in [0.3, 0.4) is 0 Å². The van der Waals surface area contributed by atoms with E-state index in [1.807, 2.05) is 0 Å². The number of amides is 2. The van der Waals surface area contributed by atoms with Gasteiger partial charge in [-0.3, -0.25) is 9.59 Å². The first-order chi connectivity index (χ1) is 7.59. The van der Waals surface area contributed by atoms with Crippen molar-refractivity contribution in [3.63, 3.8) is 0 Å². The maximum Gasteiger partial charge on any atom is 0.246 e. The number of thioether (sulfide) groups is 1. The molecule has 0 aromatic rings. The van der Waals surface area contributed by atoms with E-state index in [0.717, 1.165) is 12.3 Å². The topological polar surface area (TPSA) is 60.9 Å². The fraction of sp³-hybridized carbons (Fsp3) is 0.800. The number of carbonyl (C=O) groups is 2. The molecule has 2 amide bonds. The van der Waals surface area contributed by atoms with Gasteiger partial charge in [0.05, 0.1) is 12.0 Å². The minimum Gasteiger partial charge on any atom is -0.391 e. The third kappa shape index (κ3) is 2.17. The molecule has 5 nitrogen and oxygen atoms in total. The SMILES string of the molecule is CC(=O)N1C[C@H](O)C[C@H]1C(=O)N1CCSC1. The molecule has 0 aromatic carbocycles. The van der Waals surface area contributed by atoms with E-state index in [-0.39, 0.29) is 18.4 Å². The summed E-state index contributed by atoms with van der Waals surface area (Å²) in [6.45, 7) is 2.48. The second-order valence-corrected chi connectivity index (χ2v) is 5.29. The van der Waals surface area contributed by atoms with Crippen molar-refractivity contribution >= 4 is 23.6 Å². The van der Waals surface area contributed by atoms with Gasteiger partial charge in [0.25, 0.3) is 0 Å². The van der Waals surface area contributed by atoms with Gasteiger partial charge in [-0.25, -0.2) is 0 Å². The number of nitrogens with zero attached hydrogens (tertiary/aromatic N) is 2. The first kappa shape index (κ1) is 11.7. The molecule has 90 valence electrons. The summed E-state index contributed by atoms with van der Waals surface area (Å²) in [5.74, 6) is 1.51. The molecule has 0 aliphatic carbocycles. The number of aliphatic hydroxyl groups excluding tert-OH is 1. The van der Waals surface area contributed by atoms with Crippen molar-refractivity contribution in [2.45, 2.75) is 25.5 Å². The number of likely N-dealkylation sites (tertiary alicyclic amines) is 1. The lowest BCUT2D eigenvalue weighted by atomic mass is 10.1. The van der Waals surface area contributed by atoms with Crippen molar-refractivity contribution in [1.29, 1.82) is 0 Å². The summed E-state index contributed by atoms with van der Waals surface area (Å²) in [7, 11) is 0. The van der Waals surface area contributed by atoms with Gasteiger partial charge < -0.3 is 14.9 Å². The van der Waals surface area contributed by atoms with Gasteiger partial charge in [-0.05, 0) is 0 Å². The molecular weight excluding hydrogens is 228 g/mol. The molecule has 1 N–H and O–H groups in total. The first-order valence-corrected chi connectivity index (χ1v) is 6.57. The van der Waals surface area contributed by atoms with Crippen LogP contribution in [0.5, 0.6) is 0 Å². The van der Waals surface area contributed by atoms with E-state index in [1.54, 1.807) is 16.7 Å². The number of hydrogen-bond donors (Lipinski definition) is 1. The zero-order chi connectivity index (χ0) is 11.7. The van der Waals surface area contributed by atoms with E-state index in [4.69, 9.17) is 0 Å². The Morgan fingerprint density at radius 2 is 2.19 bits per heavy atom. The van der Waals surface area contributed by atoms with Gasteiger partial charge in [-0.2, -0.15) is 0 Å².